The van der Waals surface area contributed by atoms with Crippen LogP contribution in [0.15, 0.2) is 41.3 Å². The van der Waals surface area contributed by atoms with Gasteiger partial charge in [0.2, 0.25) is 10.0 Å². The van der Waals surface area contributed by atoms with Crippen molar-refractivity contribution in [1.82, 2.24) is 9.62 Å². The highest BCUT2D eigenvalue weighted by atomic mass is 32.2. The fraction of sp³-hybridized carbons (Fsp3) is 0.440. The number of Topliss-reactive ketones (excluding diaryl/α,β-unsaturated/α-hetero) is 1. The number of ketones is 1. The van der Waals surface area contributed by atoms with Crippen molar-refractivity contribution < 1.29 is 22.4 Å². The smallest absolute Gasteiger partial charge is 0.256 e. The predicted octanol–water partition coefficient (Wildman–Crippen LogP) is 2.89. The van der Waals surface area contributed by atoms with E-state index in [1.54, 1.807) is 23.1 Å². The van der Waals surface area contributed by atoms with Crippen molar-refractivity contribution >= 4 is 33.1 Å². The Balaban J connectivity index is 1.56. The number of carbonyl (C=O) groups is 2. The van der Waals surface area contributed by atoms with Gasteiger partial charge in [0.05, 0.1) is 16.1 Å². The van der Waals surface area contributed by atoms with Gasteiger partial charge in [-0.3, -0.25) is 9.59 Å². The lowest BCUT2D eigenvalue weighted by Gasteiger charge is -2.37. The van der Waals surface area contributed by atoms with Crippen LogP contribution in [0.2, 0.25) is 0 Å². The molecule has 4 rings (SSSR count). The average Bonchev–Trinajstić information content (AvgIpc) is 2.88. The Morgan fingerprint density at radius 1 is 0.857 bits per heavy atom. The van der Waals surface area contributed by atoms with Crippen molar-refractivity contribution in [3.05, 3.63) is 53.3 Å². The summed E-state index contributed by atoms with van der Waals surface area (Å²) in [5, 5.41) is 0. The molecule has 2 aromatic carbocycles. The Morgan fingerprint density at radius 3 is 2.09 bits per heavy atom. The van der Waals surface area contributed by atoms with Crippen molar-refractivity contribution in [3.8, 4) is 0 Å². The molecular weight excluding hydrogens is 471 g/mol. The lowest BCUT2D eigenvalue weighted by molar-refractivity contribution is 0.0746. The normalized spacial score (nSPS) is 16.9. The van der Waals surface area contributed by atoms with Gasteiger partial charge in [0.25, 0.3) is 5.91 Å². The first kappa shape index (κ1) is 25.1. The summed E-state index contributed by atoms with van der Waals surface area (Å²) in [5.74, 6) is -0.890. The number of piperidine rings is 1. The molecule has 35 heavy (non-hydrogen) atoms. The molecule has 2 heterocycles. The third-order valence-electron chi connectivity index (χ3n) is 6.74. The number of nitrogens with zero attached hydrogens (tertiary/aromatic N) is 3. The third kappa shape index (κ3) is 5.33. The molecular formula is C25H31FN4O4S. The number of hydrogen-bond acceptors (Lipinski definition) is 6. The quantitative estimate of drug-likeness (QED) is 0.611. The average molecular weight is 503 g/mol. The number of hydrogen-bond donors (Lipinski definition) is 1. The summed E-state index contributed by atoms with van der Waals surface area (Å²) in [7, 11) is -2.36. The first-order valence-electron chi connectivity index (χ1n) is 11.9. The Hall–Kier alpha value is -2.98. The molecule has 2 fully saturated rings. The number of rotatable bonds is 6. The van der Waals surface area contributed by atoms with Gasteiger partial charge in [-0.15, -0.1) is 0 Å². The van der Waals surface area contributed by atoms with E-state index in [1.807, 2.05) is 4.90 Å². The largest absolute Gasteiger partial charge is 0.371 e. The van der Waals surface area contributed by atoms with E-state index in [0.29, 0.717) is 43.0 Å². The topological polar surface area (TPSA) is 90.0 Å². The second kappa shape index (κ2) is 10.3. The predicted molar refractivity (Wildman–Crippen MR) is 133 cm³/mol. The van der Waals surface area contributed by atoms with E-state index in [2.05, 4.69) is 9.62 Å². The summed E-state index contributed by atoms with van der Waals surface area (Å²) in [6.45, 7) is 4.63. The minimum absolute atomic E-state index is 0.0513. The van der Waals surface area contributed by atoms with Gasteiger partial charge >= 0.3 is 0 Å². The first-order valence-corrected chi connectivity index (χ1v) is 13.4. The lowest BCUT2D eigenvalue weighted by atomic mass is 10.1. The zero-order chi connectivity index (χ0) is 25.2. The van der Waals surface area contributed by atoms with E-state index in [-0.39, 0.29) is 16.6 Å². The van der Waals surface area contributed by atoms with Crippen LogP contribution in [0, 0.1) is 5.82 Å². The standard InChI is InChI=1S/C25H31FN4O4S/c1-18(31)19-6-8-24(22(26)16-19)29-12-14-30(15-13-29)25(32)21-17-20(35(33,34)27-2)7-9-23(21)28-10-4-3-5-11-28/h6-9,16-17,27H,3-5,10-15H2,1-2H3. The van der Waals surface area contributed by atoms with Crippen LogP contribution in [-0.2, 0) is 10.0 Å². The SMILES string of the molecule is CNS(=O)(=O)c1ccc(N2CCCCC2)c(C(=O)N2CCN(c3ccc(C(C)=O)cc3F)CC2)c1. The van der Waals surface area contributed by atoms with Crippen LogP contribution in [0.1, 0.15) is 46.9 Å². The van der Waals surface area contributed by atoms with Crippen LogP contribution >= 0.6 is 0 Å². The minimum atomic E-state index is -3.70. The van der Waals surface area contributed by atoms with E-state index in [4.69, 9.17) is 0 Å². The second-order valence-electron chi connectivity index (χ2n) is 8.94. The maximum atomic E-state index is 14.6. The minimum Gasteiger partial charge on any atom is -0.371 e. The van der Waals surface area contributed by atoms with Crippen LogP contribution in [0.25, 0.3) is 0 Å². The van der Waals surface area contributed by atoms with Crippen LogP contribution in [0.5, 0.6) is 0 Å². The van der Waals surface area contributed by atoms with Crippen molar-refractivity contribution in [2.75, 3.05) is 56.1 Å². The van der Waals surface area contributed by atoms with E-state index in [0.717, 1.165) is 38.0 Å². The van der Waals surface area contributed by atoms with Crippen molar-refractivity contribution in [1.29, 1.82) is 0 Å². The van der Waals surface area contributed by atoms with E-state index in [9.17, 15) is 22.4 Å². The number of benzene rings is 2. The van der Waals surface area contributed by atoms with Crippen molar-refractivity contribution in [2.24, 2.45) is 0 Å². The molecule has 0 saturated carbocycles. The number of anilines is 2. The monoisotopic (exact) mass is 502 g/mol. The van der Waals surface area contributed by atoms with Gasteiger partial charge in [-0.1, -0.05) is 0 Å². The molecule has 2 aliphatic heterocycles. The highest BCUT2D eigenvalue weighted by Crippen LogP contribution is 2.29. The lowest BCUT2D eigenvalue weighted by Crippen LogP contribution is -2.49. The highest BCUT2D eigenvalue weighted by Gasteiger charge is 2.28. The maximum Gasteiger partial charge on any atom is 0.256 e. The molecule has 0 aliphatic carbocycles. The molecule has 10 heteroatoms. The first-order chi connectivity index (χ1) is 16.7. The van der Waals surface area contributed by atoms with Gasteiger partial charge in [-0.25, -0.2) is 17.5 Å². The number of piperazine rings is 1. The molecule has 0 bridgehead atoms. The Kier molecular flexibility index (Phi) is 7.42. The van der Waals surface area contributed by atoms with Crippen LogP contribution in [0.4, 0.5) is 15.8 Å². The number of halogens is 1. The number of amides is 1. The van der Waals surface area contributed by atoms with Gasteiger partial charge in [0, 0.05) is 50.5 Å². The molecule has 0 radical (unpaired) electrons. The molecule has 0 aromatic heterocycles. The fourth-order valence-electron chi connectivity index (χ4n) is 4.69. The summed E-state index contributed by atoms with van der Waals surface area (Å²) in [6.07, 6.45) is 3.19. The van der Waals surface area contributed by atoms with Crippen molar-refractivity contribution in [3.63, 3.8) is 0 Å². The zero-order valence-corrected chi connectivity index (χ0v) is 20.9. The zero-order valence-electron chi connectivity index (χ0n) is 20.1. The van der Waals surface area contributed by atoms with Gasteiger partial charge in [0.1, 0.15) is 5.82 Å². The second-order valence-corrected chi connectivity index (χ2v) is 10.8. The molecule has 0 spiro atoms. The van der Waals surface area contributed by atoms with Gasteiger partial charge in [-0.05, 0) is 69.6 Å². The van der Waals surface area contributed by atoms with Crippen LogP contribution in [0.3, 0.4) is 0 Å². The molecule has 188 valence electrons. The highest BCUT2D eigenvalue weighted by molar-refractivity contribution is 7.89. The summed E-state index contributed by atoms with van der Waals surface area (Å²) in [4.78, 5) is 30.9. The molecule has 0 atom stereocenters. The van der Waals surface area contributed by atoms with Crippen LogP contribution in [-0.4, -0.2) is 71.3 Å². The molecule has 8 nitrogen and oxygen atoms in total. The molecule has 1 amide bonds. The van der Waals surface area contributed by atoms with Crippen LogP contribution < -0.4 is 14.5 Å². The third-order valence-corrected chi connectivity index (χ3v) is 8.15. The van der Waals surface area contributed by atoms with E-state index >= 15 is 0 Å². The van der Waals surface area contributed by atoms with Gasteiger partial charge < -0.3 is 14.7 Å². The maximum absolute atomic E-state index is 14.6. The summed E-state index contributed by atoms with van der Waals surface area (Å²) < 4.78 is 41.8. The Morgan fingerprint density at radius 2 is 1.49 bits per heavy atom. The summed E-state index contributed by atoms with van der Waals surface area (Å²) in [6, 6.07) is 9.18. The fourth-order valence-corrected chi connectivity index (χ4v) is 5.44. The van der Waals surface area contributed by atoms with Crippen molar-refractivity contribution in [2.45, 2.75) is 31.1 Å². The molecule has 0 unspecified atom stereocenters. The van der Waals surface area contributed by atoms with Gasteiger partial charge in [0.15, 0.2) is 5.78 Å². The Bertz CT molecular complexity index is 1220. The number of sulfonamides is 1. The molecule has 1 N–H and O–H groups in total. The van der Waals surface area contributed by atoms with E-state index in [1.165, 1.54) is 32.2 Å². The summed E-state index contributed by atoms with van der Waals surface area (Å²) in [5.41, 5.74) is 1.84. The Labute approximate surface area is 205 Å². The molecule has 2 aliphatic rings. The summed E-state index contributed by atoms with van der Waals surface area (Å²) >= 11 is 0. The molecule has 2 saturated heterocycles. The number of nitrogens with one attached hydrogen (secondary N) is 1. The number of carbonyl (C=O) groups excluding carboxylic acids is 2. The molecule has 2 aromatic rings. The van der Waals surface area contributed by atoms with E-state index < -0.39 is 15.8 Å². The van der Waals surface area contributed by atoms with Gasteiger partial charge in [-0.2, -0.15) is 0 Å².